The molecule has 2 N–H and O–H groups in total. The van der Waals surface area contributed by atoms with Crippen LogP contribution in [0.4, 0.5) is 5.82 Å². The minimum Gasteiger partial charge on any atom is -0.353 e. The molecule has 0 radical (unpaired) electrons. The number of nitrogens with two attached hydrogens (primary N) is 1. The maximum atomic E-state index is 5.88. The molecule has 1 aromatic rings. The van der Waals surface area contributed by atoms with E-state index in [9.17, 15) is 0 Å². The van der Waals surface area contributed by atoms with Crippen molar-refractivity contribution in [1.82, 2.24) is 14.9 Å². The smallest absolute Gasteiger partial charge is 0.145 e. The molecule has 1 aliphatic rings. The van der Waals surface area contributed by atoms with Crippen LogP contribution in [-0.4, -0.2) is 53.6 Å². The summed E-state index contributed by atoms with van der Waals surface area (Å²) in [6.45, 7) is 7.17. The number of halogens is 1. The SMILES string of the molecule is CCCC(CN)N1CCN(c2ncncc2I)CC1. The molecule has 106 valence electrons. The van der Waals surface area contributed by atoms with Crippen LogP contribution in [0.5, 0.6) is 0 Å². The fraction of sp³-hybridized carbons (Fsp3) is 0.692. The van der Waals surface area contributed by atoms with Crippen LogP contribution in [0, 0.1) is 3.57 Å². The van der Waals surface area contributed by atoms with Crippen molar-refractivity contribution >= 4 is 28.4 Å². The number of anilines is 1. The van der Waals surface area contributed by atoms with Gasteiger partial charge >= 0.3 is 0 Å². The molecule has 1 atom stereocenters. The Labute approximate surface area is 128 Å². The predicted octanol–water partition coefficient (Wildman–Crippen LogP) is 1.33. The largest absolute Gasteiger partial charge is 0.353 e. The van der Waals surface area contributed by atoms with Gasteiger partial charge in [-0.25, -0.2) is 9.97 Å². The summed E-state index contributed by atoms with van der Waals surface area (Å²) in [5.41, 5.74) is 5.88. The highest BCUT2D eigenvalue weighted by Gasteiger charge is 2.23. The van der Waals surface area contributed by atoms with Crippen molar-refractivity contribution < 1.29 is 0 Å². The first-order chi connectivity index (χ1) is 9.26. The summed E-state index contributed by atoms with van der Waals surface area (Å²) in [6, 6.07) is 0.539. The van der Waals surface area contributed by atoms with E-state index in [0.717, 1.165) is 42.1 Å². The number of piperazine rings is 1. The van der Waals surface area contributed by atoms with Gasteiger partial charge in [-0.3, -0.25) is 4.90 Å². The quantitative estimate of drug-likeness (QED) is 0.787. The first-order valence-electron chi connectivity index (χ1n) is 6.90. The van der Waals surface area contributed by atoms with Crippen LogP contribution in [0.2, 0.25) is 0 Å². The Morgan fingerprint density at radius 3 is 2.68 bits per heavy atom. The molecule has 1 aliphatic heterocycles. The third-order valence-electron chi connectivity index (χ3n) is 3.67. The van der Waals surface area contributed by atoms with E-state index < -0.39 is 0 Å². The van der Waals surface area contributed by atoms with Crippen LogP contribution < -0.4 is 10.6 Å². The topological polar surface area (TPSA) is 58.3 Å². The second-order valence-electron chi connectivity index (χ2n) is 4.90. The first kappa shape index (κ1) is 14.9. The van der Waals surface area contributed by atoms with E-state index in [1.54, 1.807) is 6.33 Å². The molecule has 0 aliphatic carbocycles. The second-order valence-corrected chi connectivity index (χ2v) is 6.06. The Balaban J connectivity index is 1.94. The standard InChI is InChI=1S/C13H22IN5/c1-2-3-11(8-15)18-4-6-19(7-5-18)13-12(14)9-16-10-17-13/h9-11H,2-8,15H2,1H3. The number of rotatable bonds is 5. The van der Waals surface area contributed by atoms with Crippen LogP contribution in [0.15, 0.2) is 12.5 Å². The van der Waals surface area contributed by atoms with Gasteiger partial charge in [-0.15, -0.1) is 0 Å². The van der Waals surface area contributed by atoms with Gasteiger partial charge in [0.15, 0.2) is 0 Å². The Bertz CT molecular complexity index is 392. The van der Waals surface area contributed by atoms with Crippen molar-refractivity contribution in [3.63, 3.8) is 0 Å². The summed E-state index contributed by atoms with van der Waals surface area (Å²) >= 11 is 2.30. The van der Waals surface area contributed by atoms with E-state index in [4.69, 9.17) is 5.73 Å². The van der Waals surface area contributed by atoms with Crippen molar-refractivity contribution in [2.45, 2.75) is 25.8 Å². The second kappa shape index (κ2) is 7.35. The molecule has 1 unspecified atom stereocenters. The van der Waals surface area contributed by atoms with Gasteiger partial charge in [0.25, 0.3) is 0 Å². The molecule has 1 saturated heterocycles. The van der Waals surface area contributed by atoms with Crippen molar-refractivity contribution in [2.24, 2.45) is 5.73 Å². The van der Waals surface area contributed by atoms with Crippen molar-refractivity contribution in [3.8, 4) is 0 Å². The Hall–Kier alpha value is -0.470. The van der Waals surface area contributed by atoms with Crippen molar-refractivity contribution in [2.75, 3.05) is 37.6 Å². The van der Waals surface area contributed by atoms with Gasteiger partial charge in [0.1, 0.15) is 12.1 Å². The minimum atomic E-state index is 0.539. The summed E-state index contributed by atoms with van der Waals surface area (Å²) < 4.78 is 1.12. The van der Waals surface area contributed by atoms with Crippen LogP contribution in [0.3, 0.4) is 0 Å². The molecule has 2 rings (SSSR count). The lowest BCUT2D eigenvalue weighted by atomic mass is 10.1. The summed E-state index contributed by atoms with van der Waals surface area (Å²) in [4.78, 5) is 13.3. The molecule has 2 heterocycles. The van der Waals surface area contributed by atoms with E-state index in [2.05, 4.69) is 49.3 Å². The molecule has 0 saturated carbocycles. The average Bonchev–Trinajstić information content (AvgIpc) is 2.46. The zero-order valence-electron chi connectivity index (χ0n) is 11.4. The maximum Gasteiger partial charge on any atom is 0.145 e. The van der Waals surface area contributed by atoms with E-state index in [-0.39, 0.29) is 0 Å². The zero-order chi connectivity index (χ0) is 13.7. The molecule has 5 nitrogen and oxygen atoms in total. The third kappa shape index (κ3) is 3.76. The van der Waals surface area contributed by atoms with Crippen molar-refractivity contribution in [3.05, 3.63) is 16.1 Å². The van der Waals surface area contributed by atoms with Gasteiger partial charge in [0.2, 0.25) is 0 Å². The van der Waals surface area contributed by atoms with Crippen LogP contribution in [0.1, 0.15) is 19.8 Å². The van der Waals surface area contributed by atoms with Gasteiger partial charge in [-0.05, 0) is 29.0 Å². The summed E-state index contributed by atoms with van der Waals surface area (Å²) in [7, 11) is 0. The van der Waals surface area contributed by atoms with E-state index >= 15 is 0 Å². The normalized spacial score (nSPS) is 18.6. The molecule has 0 aromatic carbocycles. The number of hydrogen-bond donors (Lipinski definition) is 1. The monoisotopic (exact) mass is 375 g/mol. The van der Waals surface area contributed by atoms with E-state index in [0.29, 0.717) is 6.04 Å². The molecule has 1 aromatic heterocycles. The molecule has 19 heavy (non-hydrogen) atoms. The van der Waals surface area contributed by atoms with Crippen LogP contribution >= 0.6 is 22.6 Å². The van der Waals surface area contributed by atoms with Gasteiger partial charge < -0.3 is 10.6 Å². The van der Waals surface area contributed by atoms with Gasteiger partial charge in [0.05, 0.1) is 3.57 Å². The fourth-order valence-corrected chi connectivity index (χ4v) is 3.26. The third-order valence-corrected chi connectivity index (χ3v) is 4.43. The summed E-state index contributed by atoms with van der Waals surface area (Å²) in [6.07, 6.45) is 5.89. The molecule has 0 spiro atoms. The highest BCUT2D eigenvalue weighted by atomic mass is 127. The highest BCUT2D eigenvalue weighted by Crippen LogP contribution is 2.20. The molecule has 0 amide bonds. The number of nitrogens with zero attached hydrogens (tertiary/aromatic N) is 4. The van der Waals surface area contributed by atoms with Gasteiger partial charge in [0, 0.05) is 45.0 Å². The highest BCUT2D eigenvalue weighted by molar-refractivity contribution is 14.1. The zero-order valence-corrected chi connectivity index (χ0v) is 13.6. The lowest BCUT2D eigenvalue weighted by Gasteiger charge is -2.39. The fourth-order valence-electron chi connectivity index (χ4n) is 2.62. The minimum absolute atomic E-state index is 0.539. The summed E-state index contributed by atoms with van der Waals surface area (Å²) in [5, 5.41) is 0. The maximum absolute atomic E-state index is 5.88. The van der Waals surface area contributed by atoms with E-state index in [1.165, 1.54) is 12.8 Å². The molecule has 0 bridgehead atoms. The summed E-state index contributed by atoms with van der Waals surface area (Å²) in [5.74, 6) is 1.06. The Kier molecular flexibility index (Phi) is 5.77. The number of aromatic nitrogens is 2. The van der Waals surface area contributed by atoms with Crippen LogP contribution in [-0.2, 0) is 0 Å². The predicted molar refractivity (Wildman–Crippen MR) is 86.3 cm³/mol. The Morgan fingerprint density at radius 1 is 1.37 bits per heavy atom. The molecular formula is C13H22IN5. The number of hydrogen-bond acceptors (Lipinski definition) is 5. The lowest BCUT2D eigenvalue weighted by molar-refractivity contribution is 0.179. The average molecular weight is 375 g/mol. The van der Waals surface area contributed by atoms with Gasteiger partial charge in [-0.2, -0.15) is 0 Å². The van der Waals surface area contributed by atoms with Crippen LogP contribution in [0.25, 0.3) is 0 Å². The molecule has 1 fully saturated rings. The van der Waals surface area contributed by atoms with Crippen molar-refractivity contribution in [1.29, 1.82) is 0 Å². The Morgan fingerprint density at radius 2 is 2.11 bits per heavy atom. The molecule has 6 heteroatoms. The van der Waals surface area contributed by atoms with Gasteiger partial charge in [-0.1, -0.05) is 13.3 Å². The van der Waals surface area contributed by atoms with E-state index in [1.807, 2.05) is 6.20 Å². The lowest BCUT2D eigenvalue weighted by Crippen LogP contribution is -2.52. The molecular weight excluding hydrogens is 353 g/mol. The first-order valence-corrected chi connectivity index (χ1v) is 7.98.